The standard InChI is InChI=1S/C18H13FN4O3S/c1-11-9-14(26-22-11)10-25-18(24)16-20-17(15-3-2-8-27-15)23(21-16)13-6-4-12(19)5-7-13/h2-9H,10H2,1H3. The molecule has 0 bridgehead atoms. The molecule has 0 fully saturated rings. The molecule has 136 valence electrons. The first kappa shape index (κ1) is 17.1. The van der Waals surface area contributed by atoms with Crippen LogP contribution in [0.3, 0.4) is 0 Å². The molecule has 4 aromatic rings. The molecule has 0 amide bonds. The van der Waals surface area contributed by atoms with Crippen molar-refractivity contribution in [1.29, 1.82) is 0 Å². The molecule has 0 unspecified atom stereocenters. The zero-order chi connectivity index (χ0) is 18.8. The fourth-order valence-electron chi connectivity index (χ4n) is 2.41. The van der Waals surface area contributed by atoms with Crippen molar-refractivity contribution in [2.75, 3.05) is 0 Å². The minimum atomic E-state index is -0.692. The largest absolute Gasteiger partial charge is 0.451 e. The van der Waals surface area contributed by atoms with Crippen molar-refractivity contribution in [2.45, 2.75) is 13.5 Å². The maximum Gasteiger partial charge on any atom is 0.378 e. The summed E-state index contributed by atoms with van der Waals surface area (Å²) in [6.07, 6.45) is 0. The smallest absolute Gasteiger partial charge is 0.378 e. The Bertz CT molecular complexity index is 1070. The minimum Gasteiger partial charge on any atom is -0.451 e. The average molecular weight is 384 g/mol. The van der Waals surface area contributed by atoms with E-state index in [4.69, 9.17) is 9.26 Å². The van der Waals surface area contributed by atoms with E-state index in [0.29, 0.717) is 23.0 Å². The minimum absolute atomic E-state index is 0.0703. The highest BCUT2D eigenvalue weighted by Crippen LogP contribution is 2.26. The van der Waals surface area contributed by atoms with E-state index in [0.717, 1.165) is 4.88 Å². The van der Waals surface area contributed by atoms with E-state index in [1.54, 1.807) is 25.1 Å². The van der Waals surface area contributed by atoms with Crippen LogP contribution in [0.25, 0.3) is 16.4 Å². The summed E-state index contributed by atoms with van der Waals surface area (Å²) in [7, 11) is 0. The number of hydrogen-bond donors (Lipinski definition) is 0. The highest BCUT2D eigenvalue weighted by Gasteiger charge is 2.21. The Labute approximate surface area is 157 Å². The number of halogens is 1. The Hall–Kier alpha value is -3.33. The van der Waals surface area contributed by atoms with E-state index in [-0.39, 0.29) is 18.2 Å². The molecule has 1 aromatic carbocycles. The first-order chi connectivity index (χ1) is 13.1. The lowest BCUT2D eigenvalue weighted by Crippen LogP contribution is -2.08. The number of benzene rings is 1. The van der Waals surface area contributed by atoms with Crippen LogP contribution in [0, 0.1) is 12.7 Å². The molecule has 0 saturated heterocycles. The fourth-order valence-corrected chi connectivity index (χ4v) is 3.11. The maximum atomic E-state index is 13.2. The second-order valence-corrected chi connectivity index (χ2v) is 6.58. The van der Waals surface area contributed by atoms with Crippen LogP contribution >= 0.6 is 11.3 Å². The molecule has 7 nitrogen and oxygen atoms in total. The van der Waals surface area contributed by atoms with E-state index < -0.39 is 5.97 Å². The van der Waals surface area contributed by atoms with E-state index in [1.807, 2.05) is 17.5 Å². The zero-order valence-electron chi connectivity index (χ0n) is 14.1. The Morgan fingerprint density at radius 1 is 1.30 bits per heavy atom. The van der Waals surface area contributed by atoms with Crippen molar-refractivity contribution in [1.82, 2.24) is 19.9 Å². The van der Waals surface area contributed by atoms with Gasteiger partial charge in [0.05, 0.1) is 16.3 Å². The topological polar surface area (TPSA) is 83.0 Å². The number of aromatic nitrogens is 4. The van der Waals surface area contributed by atoms with Crippen LogP contribution in [0.15, 0.2) is 52.4 Å². The van der Waals surface area contributed by atoms with Crippen molar-refractivity contribution >= 4 is 17.3 Å². The van der Waals surface area contributed by atoms with Gasteiger partial charge >= 0.3 is 5.97 Å². The van der Waals surface area contributed by atoms with Crippen LogP contribution in [0.4, 0.5) is 4.39 Å². The zero-order valence-corrected chi connectivity index (χ0v) is 14.9. The van der Waals surface area contributed by atoms with Crippen LogP contribution in [0.1, 0.15) is 22.1 Å². The van der Waals surface area contributed by atoms with Crippen LogP contribution in [-0.4, -0.2) is 25.9 Å². The molecule has 0 spiro atoms. The Morgan fingerprint density at radius 2 is 2.11 bits per heavy atom. The lowest BCUT2D eigenvalue weighted by atomic mass is 10.3. The highest BCUT2D eigenvalue weighted by atomic mass is 32.1. The first-order valence-electron chi connectivity index (χ1n) is 7.96. The van der Waals surface area contributed by atoms with Gasteiger partial charge in [0.15, 0.2) is 18.2 Å². The summed E-state index contributed by atoms with van der Waals surface area (Å²) in [6.45, 7) is 1.70. The molecule has 0 aliphatic heterocycles. The van der Waals surface area contributed by atoms with Crippen LogP contribution in [0.2, 0.25) is 0 Å². The van der Waals surface area contributed by atoms with Gasteiger partial charge in [-0.2, -0.15) is 4.98 Å². The molecular formula is C18H13FN4O3S. The van der Waals surface area contributed by atoms with Crippen LogP contribution in [-0.2, 0) is 11.3 Å². The third kappa shape index (κ3) is 3.63. The molecule has 0 saturated carbocycles. The number of ether oxygens (including phenoxy) is 1. The van der Waals surface area contributed by atoms with Gasteiger partial charge in [0.2, 0.25) is 0 Å². The quantitative estimate of drug-likeness (QED) is 0.487. The number of rotatable bonds is 5. The number of hydrogen-bond acceptors (Lipinski definition) is 7. The number of aryl methyl sites for hydroxylation is 1. The molecule has 9 heteroatoms. The van der Waals surface area contributed by atoms with Gasteiger partial charge in [-0.1, -0.05) is 11.2 Å². The molecule has 0 aliphatic carbocycles. The molecule has 3 heterocycles. The maximum absolute atomic E-state index is 13.2. The predicted octanol–water partition coefficient (Wildman–Crippen LogP) is 3.79. The summed E-state index contributed by atoms with van der Waals surface area (Å²) in [4.78, 5) is 17.5. The number of nitrogens with zero attached hydrogens (tertiary/aromatic N) is 4. The van der Waals surface area contributed by atoms with Crippen molar-refractivity contribution in [3.05, 3.63) is 70.9 Å². The van der Waals surface area contributed by atoms with Crippen LogP contribution < -0.4 is 0 Å². The second kappa shape index (κ2) is 7.12. The lowest BCUT2D eigenvalue weighted by Gasteiger charge is -2.03. The van der Waals surface area contributed by atoms with Gasteiger partial charge in [0.1, 0.15) is 5.82 Å². The normalized spacial score (nSPS) is 10.9. The van der Waals surface area contributed by atoms with Crippen molar-refractivity contribution < 1.29 is 18.4 Å². The fraction of sp³-hybridized carbons (Fsp3) is 0.111. The van der Waals surface area contributed by atoms with Gasteiger partial charge in [-0.3, -0.25) is 0 Å². The molecule has 0 aliphatic rings. The summed E-state index contributed by atoms with van der Waals surface area (Å²) in [5.74, 6) is -0.253. The van der Waals surface area contributed by atoms with E-state index in [1.165, 1.54) is 28.2 Å². The van der Waals surface area contributed by atoms with Crippen molar-refractivity contribution in [2.24, 2.45) is 0 Å². The monoisotopic (exact) mass is 384 g/mol. The third-order valence-corrected chi connectivity index (χ3v) is 4.49. The predicted molar refractivity (Wildman–Crippen MR) is 95.0 cm³/mol. The lowest BCUT2D eigenvalue weighted by molar-refractivity contribution is 0.0423. The van der Waals surface area contributed by atoms with Crippen molar-refractivity contribution in [3.8, 4) is 16.4 Å². The number of esters is 1. The Morgan fingerprint density at radius 3 is 2.78 bits per heavy atom. The summed E-state index contributed by atoms with van der Waals surface area (Å²) in [5, 5.41) is 9.88. The molecule has 4 rings (SSSR count). The molecule has 0 N–H and O–H groups in total. The Balaban J connectivity index is 1.64. The van der Waals surface area contributed by atoms with Gasteiger partial charge in [-0.15, -0.1) is 16.4 Å². The van der Waals surface area contributed by atoms with Crippen molar-refractivity contribution in [3.63, 3.8) is 0 Å². The molecular weight excluding hydrogens is 371 g/mol. The summed E-state index contributed by atoms with van der Waals surface area (Å²) in [5.41, 5.74) is 1.27. The number of carbonyl (C=O) groups excluding carboxylic acids is 1. The number of thiophene rings is 1. The van der Waals surface area contributed by atoms with Gasteiger partial charge in [0, 0.05) is 6.07 Å². The third-order valence-electron chi connectivity index (χ3n) is 3.62. The van der Waals surface area contributed by atoms with Gasteiger partial charge in [-0.25, -0.2) is 13.9 Å². The molecule has 3 aromatic heterocycles. The van der Waals surface area contributed by atoms with E-state index >= 15 is 0 Å². The molecule has 27 heavy (non-hydrogen) atoms. The second-order valence-electron chi connectivity index (χ2n) is 5.64. The number of carbonyl (C=O) groups is 1. The van der Waals surface area contributed by atoms with E-state index in [2.05, 4.69) is 15.2 Å². The van der Waals surface area contributed by atoms with E-state index in [9.17, 15) is 9.18 Å². The van der Waals surface area contributed by atoms with Gasteiger partial charge in [0.25, 0.3) is 5.82 Å². The highest BCUT2D eigenvalue weighted by molar-refractivity contribution is 7.13. The first-order valence-corrected chi connectivity index (χ1v) is 8.84. The SMILES string of the molecule is Cc1cc(COC(=O)c2nc(-c3cccs3)n(-c3ccc(F)cc3)n2)on1. The molecule has 0 radical (unpaired) electrons. The molecule has 0 atom stereocenters. The summed E-state index contributed by atoms with van der Waals surface area (Å²) < 4.78 is 24.9. The Kier molecular flexibility index (Phi) is 4.51. The van der Waals surface area contributed by atoms with Crippen LogP contribution in [0.5, 0.6) is 0 Å². The summed E-state index contributed by atoms with van der Waals surface area (Å²) >= 11 is 1.45. The van der Waals surface area contributed by atoms with Gasteiger partial charge in [-0.05, 0) is 42.6 Å². The summed E-state index contributed by atoms with van der Waals surface area (Å²) in [6, 6.07) is 11.2. The average Bonchev–Trinajstić information content (AvgIpc) is 3.40. The van der Waals surface area contributed by atoms with Gasteiger partial charge < -0.3 is 9.26 Å².